The maximum atomic E-state index is 13.3. The molecule has 0 aliphatic heterocycles. The van der Waals surface area contributed by atoms with Crippen molar-refractivity contribution >= 4 is 27.8 Å². The molecule has 0 bridgehead atoms. The van der Waals surface area contributed by atoms with E-state index in [4.69, 9.17) is 9.84 Å². The molecular weight excluding hydrogens is 486 g/mol. The third-order valence-electron chi connectivity index (χ3n) is 5.50. The van der Waals surface area contributed by atoms with E-state index in [1.165, 1.54) is 7.11 Å². The fourth-order valence-electron chi connectivity index (χ4n) is 3.87. The standard InChI is InChI=1S/C21H24BrN3O7/c1-32-14-7-8-15(22)12(9-14)11-24-19(29)17(18(28)23-10-16(26)27)20(30)25(21(24)31)13-5-3-2-4-6-13/h7-9,13,29H,2-6,10-11H2,1H3,(H,23,28)(H,26,27). The Hall–Kier alpha value is -3.08. The van der Waals surface area contributed by atoms with Crippen LogP contribution in [-0.4, -0.2) is 44.9 Å². The summed E-state index contributed by atoms with van der Waals surface area (Å²) in [7, 11) is 1.49. The number of carboxylic acids is 1. The Labute approximate surface area is 191 Å². The summed E-state index contributed by atoms with van der Waals surface area (Å²) in [5, 5.41) is 21.7. The zero-order chi connectivity index (χ0) is 23.4. The van der Waals surface area contributed by atoms with Gasteiger partial charge in [-0.2, -0.15) is 0 Å². The zero-order valence-electron chi connectivity index (χ0n) is 17.5. The van der Waals surface area contributed by atoms with Gasteiger partial charge in [-0.3, -0.25) is 23.5 Å². The van der Waals surface area contributed by atoms with Crippen molar-refractivity contribution < 1.29 is 24.5 Å². The van der Waals surface area contributed by atoms with Gasteiger partial charge in [0, 0.05) is 10.5 Å². The number of nitrogens with zero attached hydrogens (tertiary/aromatic N) is 2. The molecule has 0 spiro atoms. The molecule has 1 fully saturated rings. The average molecular weight is 510 g/mol. The number of amides is 1. The van der Waals surface area contributed by atoms with Gasteiger partial charge in [-0.1, -0.05) is 35.2 Å². The predicted molar refractivity (Wildman–Crippen MR) is 119 cm³/mol. The lowest BCUT2D eigenvalue weighted by atomic mass is 9.95. The van der Waals surface area contributed by atoms with Crippen LogP contribution in [0.2, 0.25) is 0 Å². The molecule has 32 heavy (non-hydrogen) atoms. The molecule has 3 N–H and O–H groups in total. The summed E-state index contributed by atoms with van der Waals surface area (Å²) in [5.74, 6) is -2.66. The number of carboxylic acid groups (broad SMARTS) is 1. The first kappa shape index (κ1) is 23.6. The van der Waals surface area contributed by atoms with Gasteiger partial charge in [0.05, 0.1) is 13.7 Å². The number of methoxy groups -OCH3 is 1. The number of rotatable bonds is 7. The van der Waals surface area contributed by atoms with Crippen LogP contribution in [0.4, 0.5) is 0 Å². The number of carbonyl (C=O) groups is 2. The van der Waals surface area contributed by atoms with Crippen molar-refractivity contribution in [1.29, 1.82) is 0 Å². The Morgan fingerprint density at radius 2 is 1.91 bits per heavy atom. The smallest absolute Gasteiger partial charge is 0.334 e. The molecular formula is C21H24BrN3O7. The largest absolute Gasteiger partial charge is 0.497 e. The van der Waals surface area contributed by atoms with Crippen molar-refractivity contribution in [2.24, 2.45) is 0 Å². The summed E-state index contributed by atoms with van der Waals surface area (Å²) in [6.07, 6.45) is 3.84. The van der Waals surface area contributed by atoms with Crippen LogP contribution in [0.15, 0.2) is 32.3 Å². The summed E-state index contributed by atoms with van der Waals surface area (Å²) >= 11 is 3.40. The van der Waals surface area contributed by atoms with Gasteiger partial charge in [0.15, 0.2) is 5.56 Å². The number of aromatic nitrogens is 2. The average Bonchev–Trinajstić information content (AvgIpc) is 2.77. The van der Waals surface area contributed by atoms with E-state index in [1.54, 1.807) is 18.2 Å². The van der Waals surface area contributed by atoms with E-state index in [-0.39, 0.29) is 6.54 Å². The number of benzene rings is 1. The maximum Gasteiger partial charge on any atom is 0.334 e. The summed E-state index contributed by atoms with van der Waals surface area (Å²) < 4.78 is 7.82. The quantitative estimate of drug-likeness (QED) is 0.517. The Kier molecular flexibility index (Phi) is 7.39. The molecule has 0 unspecified atom stereocenters. The van der Waals surface area contributed by atoms with Gasteiger partial charge in [-0.15, -0.1) is 0 Å². The van der Waals surface area contributed by atoms with Crippen LogP contribution in [0.5, 0.6) is 11.6 Å². The van der Waals surface area contributed by atoms with Crippen molar-refractivity contribution in [1.82, 2.24) is 14.5 Å². The lowest BCUT2D eigenvalue weighted by Crippen LogP contribution is -2.47. The first-order valence-electron chi connectivity index (χ1n) is 10.1. The van der Waals surface area contributed by atoms with Gasteiger partial charge in [0.2, 0.25) is 5.88 Å². The van der Waals surface area contributed by atoms with Crippen LogP contribution in [0, 0.1) is 0 Å². The number of ether oxygens (including phenoxy) is 1. The van der Waals surface area contributed by atoms with E-state index in [2.05, 4.69) is 21.2 Å². The van der Waals surface area contributed by atoms with Crippen LogP contribution in [0.3, 0.4) is 0 Å². The van der Waals surface area contributed by atoms with Crippen molar-refractivity contribution in [3.63, 3.8) is 0 Å². The van der Waals surface area contributed by atoms with Gasteiger partial charge in [-0.05, 0) is 36.6 Å². The molecule has 1 aromatic heterocycles. The topological polar surface area (TPSA) is 140 Å². The SMILES string of the molecule is COc1ccc(Br)c(Cn2c(O)c(C(=O)NCC(=O)O)c(=O)n(C3CCCCC3)c2=O)c1. The second-order valence-electron chi connectivity index (χ2n) is 7.57. The van der Waals surface area contributed by atoms with Gasteiger partial charge in [0.25, 0.3) is 11.5 Å². The second-order valence-corrected chi connectivity index (χ2v) is 8.42. The zero-order valence-corrected chi connectivity index (χ0v) is 19.1. The van der Waals surface area contributed by atoms with E-state index < -0.39 is 47.2 Å². The molecule has 0 atom stereocenters. The maximum absolute atomic E-state index is 13.3. The summed E-state index contributed by atoms with van der Waals surface area (Å²) in [6, 6.07) is 4.68. The van der Waals surface area contributed by atoms with Crippen LogP contribution in [-0.2, 0) is 11.3 Å². The molecule has 1 aromatic carbocycles. The minimum Gasteiger partial charge on any atom is -0.497 e. The van der Waals surface area contributed by atoms with E-state index in [0.717, 1.165) is 28.4 Å². The molecule has 0 radical (unpaired) electrons. The first-order valence-corrected chi connectivity index (χ1v) is 10.9. The predicted octanol–water partition coefficient (Wildman–Crippen LogP) is 1.85. The van der Waals surface area contributed by atoms with E-state index in [1.807, 2.05) is 0 Å². The highest BCUT2D eigenvalue weighted by Crippen LogP contribution is 2.28. The molecule has 1 saturated carbocycles. The molecule has 1 aliphatic carbocycles. The highest BCUT2D eigenvalue weighted by atomic mass is 79.9. The Morgan fingerprint density at radius 1 is 1.22 bits per heavy atom. The minimum absolute atomic E-state index is 0.144. The van der Waals surface area contributed by atoms with Crippen molar-refractivity contribution in [3.05, 3.63) is 54.6 Å². The number of nitrogens with one attached hydrogen (secondary N) is 1. The van der Waals surface area contributed by atoms with Crippen molar-refractivity contribution in [3.8, 4) is 11.6 Å². The van der Waals surface area contributed by atoms with Crippen molar-refractivity contribution in [2.75, 3.05) is 13.7 Å². The van der Waals surface area contributed by atoms with Crippen molar-refractivity contribution in [2.45, 2.75) is 44.7 Å². The molecule has 11 heteroatoms. The number of aliphatic carboxylic acids is 1. The Morgan fingerprint density at radius 3 is 2.53 bits per heavy atom. The molecule has 1 aliphatic rings. The highest BCUT2D eigenvalue weighted by molar-refractivity contribution is 9.10. The highest BCUT2D eigenvalue weighted by Gasteiger charge is 2.29. The third-order valence-corrected chi connectivity index (χ3v) is 6.27. The monoisotopic (exact) mass is 509 g/mol. The molecule has 1 heterocycles. The second kappa shape index (κ2) is 10.0. The molecule has 0 saturated heterocycles. The van der Waals surface area contributed by atoms with E-state index in [0.29, 0.717) is 28.6 Å². The fraction of sp³-hybridized carbons (Fsp3) is 0.429. The van der Waals surface area contributed by atoms with Gasteiger partial charge >= 0.3 is 11.7 Å². The van der Waals surface area contributed by atoms with E-state index in [9.17, 15) is 24.3 Å². The normalized spacial score (nSPS) is 14.2. The summed E-state index contributed by atoms with van der Waals surface area (Å²) in [6.45, 7) is -0.879. The number of hydrogen-bond donors (Lipinski definition) is 3. The fourth-order valence-corrected chi connectivity index (χ4v) is 4.25. The van der Waals surface area contributed by atoms with Crippen LogP contribution in [0.1, 0.15) is 54.1 Å². The number of hydrogen-bond acceptors (Lipinski definition) is 6. The molecule has 1 amide bonds. The Balaban J connectivity index is 2.18. The molecule has 2 aromatic rings. The Bertz CT molecular complexity index is 1150. The minimum atomic E-state index is -1.31. The third kappa shape index (κ3) is 4.87. The summed E-state index contributed by atoms with van der Waals surface area (Å²) in [5.41, 5.74) is -1.74. The first-order chi connectivity index (χ1) is 15.2. The molecule has 3 rings (SSSR count). The number of halogens is 1. The molecule has 172 valence electrons. The lowest BCUT2D eigenvalue weighted by Gasteiger charge is -2.25. The van der Waals surface area contributed by atoms with Crippen LogP contribution >= 0.6 is 15.9 Å². The summed E-state index contributed by atoms with van der Waals surface area (Å²) in [4.78, 5) is 49.9. The van der Waals surface area contributed by atoms with Crippen LogP contribution in [0.25, 0.3) is 0 Å². The van der Waals surface area contributed by atoms with Gasteiger partial charge in [0.1, 0.15) is 12.3 Å². The lowest BCUT2D eigenvalue weighted by molar-refractivity contribution is -0.135. The van der Waals surface area contributed by atoms with Gasteiger partial charge in [-0.25, -0.2) is 4.79 Å². The number of aromatic hydroxyl groups is 1. The van der Waals surface area contributed by atoms with E-state index >= 15 is 0 Å². The number of carbonyl (C=O) groups excluding carboxylic acids is 1. The van der Waals surface area contributed by atoms with Gasteiger partial charge < -0.3 is 20.3 Å². The van der Waals surface area contributed by atoms with Crippen LogP contribution < -0.4 is 21.3 Å². The molecule has 10 nitrogen and oxygen atoms in total.